The maximum absolute atomic E-state index is 12.8. The average Bonchev–Trinajstić information content (AvgIpc) is 3.10. The van der Waals surface area contributed by atoms with Gasteiger partial charge >= 0.3 is 6.18 Å². The minimum Gasteiger partial charge on any atom is -0.488 e. The molecule has 1 aliphatic rings. The topological polar surface area (TPSA) is 42.4 Å². The first kappa shape index (κ1) is 13.6. The summed E-state index contributed by atoms with van der Waals surface area (Å²) in [6, 6.07) is 1.11. The molecule has 0 aliphatic heterocycles. The highest BCUT2D eigenvalue weighted by atomic mass is 19.4. The Morgan fingerprint density at radius 2 is 2.05 bits per heavy atom. The van der Waals surface area contributed by atoms with Gasteiger partial charge in [-0.3, -0.25) is 4.79 Å². The second kappa shape index (κ2) is 4.71. The van der Waals surface area contributed by atoms with E-state index < -0.39 is 17.8 Å². The van der Waals surface area contributed by atoms with E-state index in [4.69, 9.17) is 4.74 Å². The van der Waals surface area contributed by atoms with Crippen molar-refractivity contribution in [2.24, 2.45) is 0 Å². The maximum Gasteiger partial charge on any atom is 0.437 e. The van der Waals surface area contributed by atoms with Gasteiger partial charge in [0, 0.05) is 20.3 Å². The van der Waals surface area contributed by atoms with Crippen LogP contribution in [0, 0.1) is 0 Å². The molecule has 1 aromatic rings. The monoisotopic (exact) mass is 274 g/mol. The summed E-state index contributed by atoms with van der Waals surface area (Å²) >= 11 is 0. The summed E-state index contributed by atoms with van der Waals surface area (Å²) in [5.74, 6) is -0.787. The molecule has 0 aromatic carbocycles. The van der Waals surface area contributed by atoms with E-state index in [1.54, 1.807) is 0 Å². The third-order valence-corrected chi connectivity index (χ3v) is 2.59. The summed E-state index contributed by atoms with van der Waals surface area (Å²) in [5.41, 5.74) is -1.01. The van der Waals surface area contributed by atoms with Gasteiger partial charge in [-0.2, -0.15) is 13.2 Å². The Morgan fingerprint density at radius 3 is 2.53 bits per heavy atom. The van der Waals surface area contributed by atoms with E-state index in [0.717, 1.165) is 25.1 Å². The van der Waals surface area contributed by atoms with Gasteiger partial charge in [0.1, 0.15) is 0 Å². The standard InChI is InChI=1S/C12H13F3N2O2/c1-17(2)11(18)7-5-9(19-8-3-4-8)10(16-6-7)12(13,14)15/h5-6,8H,3-4H2,1-2H3. The van der Waals surface area contributed by atoms with Crippen LogP contribution in [0.15, 0.2) is 12.3 Å². The third kappa shape index (κ3) is 3.15. The first-order valence-corrected chi connectivity index (χ1v) is 5.74. The van der Waals surface area contributed by atoms with Crippen LogP contribution in [-0.4, -0.2) is 36.0 Å². The number of rotatable bonds is 3. The van der Waals surface area contributed by atoms with Crippen molar-refractivity contribution in [1.82, 2.24) is 9.88 Å². The van der Waals surface area contributed by atoms with E-state index >= 15 is 0 Å². The Balaban J connectivity index is 2.37. The van der Waals surface area contributed by atoms with Crippen LogP contribution in [0.4, 0.5) is 13.2 Å². The van der Waals surface area contributed by atoms with Crippen LogP contribution >= 0.6 is 0 Å². The predicted molar refractivity (Wildman–Crippen MR) is 60.9 cm³/mol. The minimum absolute atomic E-state index is 0.0775. The van der Waals surface area contributed by atoms with E-state index in [9.17, 15) is 18.0 Å². The minimum atomic E-state index is -4.59. The lowest BCUT2D eigenvalue weighted by molar-refractivity contribution is -0.142. The van der Waals surface area contributed by atoms with Crippen molar-refractivity contribution in [3.63, 3.8) is 0 Å². The fourth-order valence-corrected chi connectivity index (χ4v) is 1.49. The van der Waals surface area contributed by atoms with Gasteiger partial charge in [0.2, 0.25) is 0 Å². The fourth-order valence-electron chi connectivity index (χ4n) is 1.49. The largest absolute Gasteiger partial charge is 0.488 e. The summed E-state index contributed by atoms with van der Waals surface area (Å²) in [7, 11) is 3.03. The zero-order chi connectivity index (χ0) is 14.2. The zero-order valence-corrected chi connectivity index (χ0v) is 10.5. The molecular weight excluding hydrogens is 261 g/mol. The molecule has 0 unspecified atom stereocenters. The molecule has 104 valence electrons. The van der Waals surface area contributed by atoms with Crippen LogP contribution in [0.5, 0.6) is 5.75 Å². The molecule has 2 rings (SSSR count). The number of ether oxygens (including phenoxy) is 1. The maximum atomic E-state index is 12.8. The summed E-state index contributed by atoms with van der Waals surface area (Å²) in [6.45, 7) is 0. The van der Waals surface area contributed by atoms with Crippen LogP contribution in [0.25, 0.3) is 0 Å². The summed E-state index contributed by atoms with van der Waals surface area (Å²) in [5, 5.41) is 0. The highest BCUT2D eigenvalue weighted by Crippen LogP contribution is 2.37. The van der Waals surface area contributed by atoms with Crippen LogP contribution in [0.2, 0.25) is 0 Å². The van der Waals surface area contributed by atoms with Gasteiger partial charge in [-0.05, 0) is 18.9 Å². The predicted octanol–water partition coefficient (Wildman–Crippen LogP) is 2.34. The number of pyridine rings is 1. The summed E-state index contributed by atoms with van der Waals surface area (Å²) < 4.78 is 43.5. The Morgan fingerprint density at radius 1 is 1.42 bits per heavy atom. The first-order chi connectivity index (χ1) is 8.79. The zero-order valence-electron chi connectivity index (χ0n) is 10.5. The van der Waals surface area contributed by atoms with Gasteiger partial charge in [-0.15, -0.1) is 0 Å². The van der Waals surface area contributed by atoms with E-state index in [2.05, 4.69) is 4.98 Å². The van der Waals surface area contributed by atoms with Crippen LogP contribution in [0.1, 0.15) is 28.9 Å². The molecule has 1 aliphatic carbocycles. The SMILES string of the molecule is CN(C)C(=O)c1cnc(C(F)(F)F)c(OC2CC2)c1. The van der Waals surface area contributed by atoms with Gasteiger partial charge in [0.25, 0.3) is 5.91 Å². The molecule has 1 amide bonds. The highest BCUT2D eigenvalue weighted by molar-refractivity contribution is 5.94. The highest BCUT2D eigenvalue weighted by Gasteiger charge is 2.38. The number of nitrogens with zero attached hydrogens (tertiary/aromatic N) is 2. The lowest BCUT2D eigenvalue weighted by Crippen LogP contribution is -2.22. The van der Waals surface area contributed by atoms with Crippen molar-refractivity contribution in [3.05, 3.63) is 23.5 Å². The molecule has 0 saturated heterocycles. The van der Waals surface area contributed by atoms with Crippen molar-refractivity contribution in [3.8, 4) is 5.75 Å². The van der Waals surface area contributed by atoms with Crippen LogP contribution in [-0.2, 0) is 6.18 Å². The number of halogens is 3. The van der Waals surface area contributed by atoms with Gasteiger partial charge < -0.3 is 9.64 Å². The Labute approximate surface area is 108 Å². The molecule has 4 nitrogen and oxygen atoms in total. The van der Waals surface area contributed by atoms with E-state index in [1.165, 1.54) is 19.0 Å². The second-order valence-corrected chi connectivity index (χ2v) is 4.59. The normalized spacial score (nSPS) is 15.2. The number of hydrogen-bond donors (Lipinski definition) is 0. The summed E-state index contributed by atoms with van der Waals surface area (Å²) in [4.78, 5) is 16.3. The molecular formula is C12H13F3N2O2. The summed E-state index contributed by atoms with van der Waals surface area (Å²) in [6.07, 6.45) is -2.42. The Kier molecular flexibility index (Phi) is 3.38. The quantitative estimate of drug-likeness (QED) is 0.849. The van der Waals surface area contributed by atoms with Gasteiger partial charge in [-0.25, -0.2) is 4.98 Å². The van der Waals surface area contributed by atoms with E-state index in [0.29, 0.717) is 0 Å². The molecule has 1 saturated carbocycles. The number of hydrogen-bond acceptors (Lipinski definition) is 3. The molecule has 0 N–H and O–H groups in total. The molecule has 0 bridgehead atoms. The Hall–Kier alpha value is -1.79. The number of amides is 1. The van der Waals surface area contributed by atoms with Gasteiger partial charge in [-0.1, -0.05) is 0 Å². The lowest BCUT2D eigenvalue weighted by atomic mass is 10.2. The third-order valence-electron chi connectivity index (χ3n) is 2.59. The first-order valence-electron chi connectivity index (χ1n) is 5.74. The lowest BCUT2D eigenvalue weighted by Gasteiger charge is -2.15. The van der Waals surface area contributed by atoms with Crippen molar-refractivity contribution in [2.75, 3.05) is 14.1 Å². The van der Waals surface area contributed by atoms with E-state index in [-0.39, 0.29) is 17.4 Å². The van der Waals surface area contributed by atoms with Crippen LogP contribution < -0.4 is 4.74 Å². The fraction of sp³-hybridized carbons (Fsp3) is 0.500. The van der Waals surface area contributed by atoms with Gasteiger partial charge in [0.15, 0.2) is 11.4 Å². The van der Waals surface area contributed by atoms with Crippen molar-refractivity contribution < 1.29 is 22.7 Å². The smallest absolute Gasteiger partial charge is 0.437 e. The molecule has 0 spiro atoms. The molecule has 1 aromatic heterocycles. The average molecular weight is 274 g/mol. The number of carbonyl (C=O) groups excluding carboxylic acids is 1. The molecule has 1 fully saturated rings. The molecule has 0 atom stereocenters. The number of carbonyl (C=O) groups is 1. The number of alkyl halides is 3. The van der Waals surface area contributed by atoms with Gasteiger partial charge in [0.05, 0.1) is 11.7 Å². The molecule has 1 heterocycles. The van der Waals surface area contributed by atoms with E-state index in [1.807, 2.05) is 0 Å². The Bertz CT molecular complexity index is 496. The van der Waals surface area contributed by atoms with Crippen molar-refractivity contribution in [2.45, 2.75) is 25.1 Å². The van der Waals surface area contributed by atoms with Crippen molar-refractivity contribution in [1.29, 1.82) is 0 Å². The molecule has 7 heteroatoms. The molecule has 0 radical (unpaired) electrons. The van der Waals surface area contributed by atoms with Crippen molar-refractivity contribution >= 4 is 5.91 Å². The number of aromatic nitrogens is 1. The van der Waals surface area contributed by atoms with Crippen LogP contribution in [0.3, 0.4) is 0 Å². The second-order valence-electron chi connectivity index (χ2n) is 4.59. The molecule has 19 heavy (non-hydrogen) atoms.